The molecule has 1 fully saturated rings. The summed E-state index contributed by atoms with van der Waals surface area (Å²) in [7, 11) is 0. The number of nitrogens with zero attached hydrogens (tertiary/aromatic N) is 3. The summed E-state index contributed by atoms with van der Waals surface area (Å²) in [6.45, 7) is 13.4. The van der Waals surface area contributed by atoms with Gasteiger partial charge in [0, 0.05) is 42.0 Å². The summed E-state index contributed by atoms with van der Waals surface area (Å²) >= 11 is 0. The second-order valence-electron chi connectivity index (χ2n) is 10.8. The molecule has 0 amide bonds. The number of benzene rings is 1. The molecule has 1 N–H and O–H groups in total. The predicted molar refractivity (Wildman–Crippen MR) is 124 cm³/mol. The number of carbonyl (C=O) groups excluding carboxylic acids is 1. The van der Waals surface area contributed by atoms with E-state index in [4.69, 9.17) is 0 Å². The number of hydrogen-bond acceptors (Lipinski definition) is 5. The molecule has 1 aromatic carbocycles. The van der Waals surface area contributed by atoms with Crippen LogP contribution in [0.3, 0.4) is 0 Å². The maximum Gasteiger partial charge on any atom is 0.164 e. The third-order valence-corrected chi connectivity index (χ3v) is 8.00. The molecule has 0 aromatic heterocycles. The molecule has 31 heavy (non-hydrogen) atoms. The third-order valence-electron chi connectivity index (χ3n) is 8.00. The van der Waals surface area contributed by atoms with E-state index in [0.717, 1.165) is 42.8 Å². The average Bonchev–Trinajstić information content (AvgIpc) is 3.32. The van der Waals surface area contributed by atoms with Crippen LogP contribution in [0.4, 0.5) is 5.69 Å². The van der Waals surface area contributed by atoms with Crippen LogP contribution in [0.25, 0.3) is 0 Å². The van der Waals surface area contributed by atoms with Gasteiger partial charge in [0.05, 0.1) is 11.6 Å². The molecule has 5 nitrogen and oxygen atoms in total. The molecule has 0 radical (unpaired) electrons. The Morgan fingerprint density at radius 2 is 1.90 bits per heavy atom. The number of hydrogen-bond donors (Lipinski definition) is 1. The number of azo groups is 1. The first-order chi connectivity index (χ1) is 14.7. The van der Waals surface area contributed by atoms with Gasteiger partial charge in [0.1, 0.15) is 0 Å². The minimum atomic E-state index is -0.463. The fraction of sp³-hybridized carbons (Fsp3) is 0.577. The largest absolute Gasteiger partial charge is 0.371 e. The van der Waals surface area contributed by atoms with E-state index in [1.54, 1.807) is 0 Å². The van der Waals surface area contributed by atoms with E-state index in [-0.39, 0.29) is 17.4 Å². The van der Waals surface area contributed by atoms with Gasteiger partial charge >= 0.3 is 0 Å². The summed E-state index contributed by atoms with van der Waals surface area (Å²) in [6.07, 6.45) is 4.00. The predicted octanol–water partition coefficient (Wildman–Crippen LogP) is 5.35. The molecule has 5 heteroatoms. The van der Waals surface area contributed by atoms with Crippen LogP contribution in [0.1, 0.15) is 59.4 Å². The van der Waals surface area contributed by atoms with Gasteiger partial charge in [0.2, 0.25) is 0 Å². The van der Waals surface area contributed by atoms with Crippen LogP contribution in [0.2, 0.25) is 0 Å². The Labute approximate surface area is 185 Å². The number of fused-ring (bicyclic) bond motifs is 1. The standard InChI is InChI=1S/C26H34N4O/c1-6-26(18-8-7-9-19(10-18)30-14-16(2)17(3)15-30)20-13-27-29-24(20)28-21-11-25(4,5)12-22(31)23(21)26/h7-10,13,16-17,24,28H,6,11-12,14-15H2,1-5H3/t16-,17+,24?,26-/m0/s1. The topological polar surface area (TPSA) is 57.1 Å². The second-order valence-corrected chi connectivity index (χ2v) is 10.8. The quantitative estimate of drug-likeness (QED) is 0.720. The SMILES string of the molecule is CC[C@]1(c2cccc(N3C[C@@H](C)[C@@H](C)C3)c2)C2=CN=NC2NC2=C1C(=O)CC(C)(C)C2. The van der Waals surface area contributed by atoms with Crippen molar-refractivity contribution in [3.63, 3.8) is 0 Å². The monoisotopic (exact) mass is 418 g/mol. The summed E-state index contributed by atoms with van der Waals surface area (Å²) in [5, 5.41) is 12.3. The molecule has 3 heterocycles. The number of anilines is 1. The molecular weight excluding hydrogens is 384 g/mol. The molecule has 4 atom stereocenters. The third kappa shape index (κ3) is 3.07. The minimum absolute atomic E-state index is 0.0387. The Hall–Kier alpha value is -2.43. The van der Waals surface area contributed by atoms with E-state index in [0.29, 0.717) is 18.3 Å². The highest BCUT2D eigenvalue weighted by Crippen LogP contribution is 2.54. The molecule has 1 saturated heterocycles. The van der Waals surface area contributed by atoms with Crippen molar-refractivity contribution in [2.75, 3.05) is 18.0 Å². The molecule has 1 aromatic rings. The van der Waals surface area contributed by atoms with Crippen molar-refractivity contribution in [1.82, 2.24) is 5.32 Å². The number of Topliss-reactive ketones (excluding diaryl/α,β-unsaturated/α-hetero) is 1. The zero-order valence-corrected chi connectivity index (χ0v) is 19.4. The number of carbonyl (C=O) groups is 1. The molecule has 0 bridgehead atoms. The van der Waals surface area contributed by atoms with Crippen molar-refractivity contribution in [3.8, 4) is 0 Å². The molecule has 0 saturated carbocycles. The first kappa shape index (κ1) is 20.5. The smallest absolute Gasteiger partial charge is 0.164 e. The molecule has 1 aliphatic carbocycles. The van der Waals surface area contributed by atoms with Crippen LogP contribution >= 0.6 is 0 Å². The first-order valence-corrected chi connectivity index (χ1v) is 11.7. The number of ketones is 1. The highest BCUT2D eigenvalue weighted by molar-refractivity contribution is 6.01. The Morgan fingerprint density at radius 1 is 1.16 bits per heavy atom. The van der Waals surface area contributed by atoms with Crippen molar-refractivity contribution in [2.45, 2.75) is 65.5 Å². The molecule has 4 aliphatic rings. The first-order valence-electron chi connectivity index (χ1n) is 11.7. The van der Waals surface area contributed by atoms with Crippen LogP contribution in [0, 0.1) is 17.3 Å². The highest BCUT2D eigenvalue weighted by atomic mass is 16.1. The van der Waals surface area contributed by atoms with Crippen LogP contribution in [0.5, 0.6) is 0 Å². The van der Waals surface area contributed by atoms with Crippen LogP contribution < -0.4 is 10.2 Å². The average molecular weight is 419 g/mol. The highest BCUT2D eigenvalue weighted by Gasteiger charge is 2.53. The Bertz CT molecular complexity index is 1010. The van der Waals surface area contributed by atoms with Crippen LogP contribution in [0.15, 0.2) is 57.5 Å². The summed E-state index contributed by atoms with van der Waals surface area (Å²) in [5.74, 6) is 1.65. The maximum atomic E-state index is 13.6. The molecular formula is C26H34N4O. The van der Waals surface area contributed by atoms with E-state index >= 15 is 0 Å². The van der Waals surface area contributed by atoms with Crippen molar-refractivity contribution >= 4 is 11.5 Å². The Morgan fingerprint density at radius 3 is 2.61 bits per heavy atom. The zero-order chi connectivity index (χ0) is 22.0. The summed E-state index contributed by atoms with van der Waals surface area (Å²) in [5.41, 5.74) is 5.09. The van der Waals surface area contributed by atoms with Gasteiger partial charge in [-0.05, 0) is 47.8 Å². The lowest BCUT2D eigenvalue weighted by Crippen LogP contribution is -2.51. The van der Waals surface area contributed by atoms with Crippen molar-refractivity contribution < 1.29 is 4.79 Å². The van der Waals surface area contributed by atoms with E-state index in [9.17, 15) is 4.79 Å². The van der Waals surface area contributed by atoms with Gasteiger partial charge in [-0.1, -0.05) is 46.8 Å². The molecule has 3 aliphatic heterocycles. The fourth-order valence-electron chi connectivity index (χ4n) is 6.20. The van der Waals surface area contributed by atoms with Gasteiger partial charge in [-0.3, -0.25) is 4.79 Å². The van der Waals surface area contributed by atoms with Crippen molar-refractivity contribution in [3.05, 3.63) is 52.9 Å². The Balaban J connectivity index is 1.66. The lowest BCUT2D eigenvalue weighted by molar-refractivity contribution is -0.119. The number of nitrogens with one attached hydrogen (secondary N) is 1. The van der Waals surface area contributed by atoms with Crippen LogP contribution in [-0.4, -0.2) is 25.0 Å². The van der Waals surface area contributed by atoms with E-state index in [1.165, 1.54) is 11.3 Å². The fourth-order valence-corrected chi connectivity index (χ4v) is 6.20. The zero-order valence-electron chi connectivity index (χ0n) is 19.4. The van der Waals surface area contributed by atoms with Crippen molar-refractivity contribution in [2.24, 2.45) is 27.5 Å². The number of allylic oxidation sites excluding steroid dienone is 2. The van der Waals surface area contributed by atoms with E-state index < -0.39 is 5.41 Å². The van der Waals surface area contributed by atoms with Gasteiger partial charge in [0.15, 0.2) is 11.9 Å². The van der Waals surface area contributed by atoms with E-state index in [2.05, 4.69) is 79.3 Å². The van der Waals surface area contributed by atoms with Crippen LogP contribution in [-0.2, 0) is 10.2 Å². The van der Waals surface area contributed by atoms with Gasteiger partial charge in [0.25, 0.3) is 0 Å². The summed E-state index contributed by atoms with van der Waals surface area (Å²) < 4.78 is 0. The number of rotatable bonds is 3. The Kier molecular flexibility index (Phi) is 4.65. The normalized spacial score (nSPS) is 33.8. The van der Waals surface area contributed by atoms with Gasteiger partial charge in [-0.2, -0.15) is 10.2 Å². The lowest BCUT2D eigenvalue weighted by Gasteiger charge is -2.48. The lowest BCUT2D eigenvalue weighted by atomic mass is 9.59. The second kappa shape index (κ2) is 7.04. The minimum Gasteiger partial charge on any atom is -0.371 e. The molecule has 164 valence electrons. The van der Waals surface area contributed by atoms with Gasteiger partial charge < -0.3 is 10.2 Å². The van der Waals surface area contributed by atoms with Crippen molar-refractivity contribution in [1.29, 1.82) is 0 Å². The summed E-state index contributed by atoms with van der Waals surface area (Å²) in [4.78, 5) is 16.1. The molecule has 5 rings (SSSR count). The maximum absolute atomic E-state index is 13.6. The molecule has 1 unspecified atom stereocenters. The molecule has 0 spiro atoms. The van der Waals surface area contributed by atoms with Gasteiger partial charge in [-0.25, -0.2) is 0 Å². The summed E-state index contributed by atoms with van der Waals surface area (Å²) in [6, 6.07) is 8.91. The van der Waals surface area contributed by atoms with Gasteiger partial charge in [-0.15, -0.1) is 0 Å². The van der Waals surface area contributed by atoms with E-state index in [1.807, 2.05) is 6.20 Å².